The molecule has 0 spiro atoms. The van der Waals surface area contributed by atoms with Crippen molar-refractivity contribution in [2.45, 2.75) is 32.7 Å². The maximum atomic E-state index is 12.3. The molecule has 1 unspecified atom stereocenters. The van der Waals surface area contributed by atoms with Gasteiger partial charge in [-0.15, -0.1) is 0 Å². The minimum Gasteiger partial charge on any atom is -0.379 e. The Morgan fingerprint density at radius 1 is 1.22 bits per heavy atom. The molecule has 0 radical (unpaired) electrons. The van der Waals surface area contributed by atoms with E-state index >= 15 is 0 Å². The van der Waals surface area contributed by atoms with Gasteiger partial charge in [-0.2, -0.15) is 0 Å². The number of amides is 1. The number of morpholine rings is 1. The number of rotatable bonds is 7. The van der Waals surface area contributed by atoms with Gasteiger partial charge >= 0.3 is 0 Å². The van der Waals surface area contributed by atoms with Gasteiger partial charge in [-0.3, -0.25) is 9.69 Å². The quantitative estimate of drug-likeness (QED) is 0.830. The molecule has 23 heavy (non-hydrogen) atoms. The average molecular weight is 339 g/mol. The van der Waals surface area contributed by atoms with Crippen LogP contribution < -0.4 is 5.32 Å². The normalized spacial score (nSPS) is 17.2. The predicted octanol–water partition coefficient (Wildman–Crippen LogP) is 3.21. The molecule has 1 heterocycles. The lowest BCUT2D eigenvalue weighted by molar-refractivity contribution is 0.00191. The SMILES string of the molecule is CCC(CC)C(CNC(=O)c1ccc(Cl)cc1)N1CCOCC1. The first-order valence-corrected chi connectivity index (χ1v) is 8.89. The van der Waals surface area contributed by atoms with E-state index in [1.54, 1.807) is 24.3 Å². The van der Waals surface area contributed by atoms with Crippen LogP contribution in [0.1, 0.15) is 37.0 Å². The van der Waals surface area contributed by atoms with Gasteiger partial charge in [0.05, 0.1) is 13.2 Å². The lowest BCUT2D eigenvalue weighted by Crippen LogP contribution is -2.52. The minimum absolute atomic E-state index is 0.0362. The monoisotopic (exact) mass is 338 g/mol. The van der Waals surface area contributed by atoms with E-state index in [1.807, 2.05) is 0 Å². The molecule has 4 nitrogen and oxygen atoms in total. The van der Waals surface area contributed by atoms with Crippen molar-refractivity contribution < 1.29 is 9.53 Å². The lowest BCUT2D eigenvalue weighted by Gasteiger charge is -2.38. The summed E-state index contributed by atoms with van der Waals surface area (Å²) in [7, 11) is 0. The molecule has 0 saturated carbocycles. The highest BCUT2D eigenvalue weighted by atomic mass is 35.5. The molecule has 1 amide bonds. The highest BCUT2D eigenvalue weighted by Crippen LogP contribution is 2.20. The summed E-state index contributed by atoms with van der Waals surface area (Å²) < 4.78 is 5.46. The van der Waals surface area contributed by atoms with Gasteiger partial charge in [0.15, 0.2) is 0 Å². The molecule has 1 aliphatic heterocycles. The zero-order valence-electron chi connectivity index (χ0n) is 14.1. The molecule has 1 saturated heterocycles. The number of nitrogens with zero attached hydrogens (tertiary/aromatic N) is 1. The zero-order valence-corrected chi connectivity index (χ0v) is 14.8. The molecule has 5 heteroatoms. The molecule has 2 rings (SSSR count). The molecular formula is C18H27ClN2O2. The molecule has 0 bridgehead atoms. The maximum Gasteiger partial charge on any atom is 0.251 e. The van der Waals surface area contributed by atoms with Crippen LogP contribution in [-0.4, -0.2) is 49.7 Å². The van der Waals surface area contributed by atoms with Crippen LogP contribution in [-0.2, 0) is 4.74 Å². The third-order valence-corrected chi connectivity index (χ3v) is 4.94. The fourth-order valence-corrected chi connectivity index (χ4v) is 3.36. The van der Waals surface area contributed by atoms with E-state index in [0.29, 0.717) is 29.1 Å². The number of hydrogen-bond acceptors (Lipinski definition) is 3. The number of halogens is 1. The van der Waals surface area contributed by atoms with E-state index in [-0.39, 0.29) is 5.91 Å². The van der Waals surface area contributed by atoms with Gasteiger partial charge in [0, 0.05) is 36.3 Å². The fourth-order valence-electron chi connectivity index (χ4n) is 3.24. The Bertz CT molecular complexity index is 482. The number of carbonyl (C=O) groups is 1. The van der Waals surface area contributed by atoms with Crippen LogP contribution in [0.5, 0.6) is 0 Å². The van der Waals surface area contributed by atoms with Gasteiger partial charge < -0.3 is 10.1 Å². The molecule has 1 atom stereocenters. The van der Waals surface area contributed by atoms with Crippen LogP contribution in [0.25, 0.3) is 0 Å². The number of nitrogens with one attached hydrogen (secondary N) is 1. The average Bonchev–Trinajstić information content (AvgIpc) is 2.59. The molecule has 1 fully saturated rings. The Hall–Kier alpha value is -1.10. The highest BCUT2D eigenvalue weighted by Gasteiger charge is 2.27. The third kappa shape index (κ3) is 5.20. The van der Waals surface area contributed by atoms with Crippen LogP contribution >= 0.6 is 11.6 Å². The molecule has 1 aliphatic rings. The summed E-state index contributed by atoms with van der Waals surface area (Å²) in [4.78, 5) is 14.8. The van der Waals surface area contributed by atoms with Crippen molar-refractivity contribution >= 4 is 17.5 Å². The van der Waals surface area contributed by atoms with Gasteiger partial charge in [0.1, 0.15) is 0 Å². The maximum absolute atomic E-state index is 12.3. The summed E-state index contributed by atoms with van der Waals surface area (Å²) in [6, 6.07) is 7.38. The van der Waals surface area contributed by atoms with E-state index in [0.717, 1.165) is 39.1 Å². The summed E-state index contributed by atoms with van der Waals surface area (Å²) in [5.74, 6) is 0.546. The van der Waals surface area contributed by atoms with Crippen molar-refractivity contribution in [3.8, 4) is 0 Å². The third-order valence-electron chi connectivity index (χ3n) is 4.69. The van der Waals surface area contributed by atoms with E-state index in [9.17, 15) is 4.79 Å². The summed E-state index contributed by atoms with van der Waals surface area (Å²) in [5, 5.41) is 3.74. The molecular weight excluding hydrogens is 312 g/mol. The van der Waals surface area contributed by atoms with Crippen LogP contribution in [0.15, 0.2) is 24.3 Å². The van der Waals surface area contributed by atoms with Gasteiger partial charge in [-0.05, 0) is 30.2 Å². The summed E-state index contributed by atoms with van der Waals surface area (Å²) in [6.07, 6.45) is 2.24. The molecule has 1 aromatic carbocycles. The Kier molecular flexibility index (Phi) is 7.34. The second kappa shape index (κ2) is 9.26. The molecule has 0 aliphatic carbocycles. The first kappa shape index (κ1) is 18.2. The summed E-state index contributed by atoms with van der Waals surface area (Å²) in [6.45, 7) is 8.57. The van der Waals surface area contributed by atoms with Gasteiger partial charge in [-0.1, -0.05) is 38.3 Å². The van der Waals surface area contributed by atoms with Crippen LogP contribution in [0.2, 0.25) is 5.02 Å². The van der Waals surface area contributed by atoms with Crippen molar-refractivity contribution in [2.75, 3.05) is 32.8 Å². The smallest absolute Gasteiger partial charge is 0.251 e. The fraction of sp³-hybridized carbons (Fsp3) is 0.611. The van der Waals surface area contributed by atoms with Crippen molar-refractivity contribution in [3.63, 3.8) is 0 Å². The Morgan fingerprint density at radius 2 is 1.83 bits per heavy atom. The summed E-state index contributed by atoms with van der Waals surface area (Å²) in [5.41, 5.74) is 0.652. The molecule has 128 valence electrons. The number of benzene rings is 1. The van der Waals surface area contributed by atoms with Crippen molar-refractivity contribution in [2.24, 2.45) is 5.92 Å². The predicted molar refractivity (Wildman–Crippen MR) is 94.0 cm³/mol. The van der Waals surface area contributed by atoms with E-state index < -0.39 is 0 Å². The van der Waals surface area contributed by atoms with Gasteiger partial charge in [-0.25, -0.2) is 0 Å². The van der Waals surface area contributed by atoms with Gasteiger partial charge in [0.2, 0.25) is 0 Å². The van der Waals surface area contributed by atoms with E-state index in [1.165, 1.54) is 0 Å². The molecule has 0 aromatic heterocycles. The Labute approximate surface area is 144 Å². The summed E-state index contributed by atoms with van der Waals surface area (Å²) >= 11 is 5.87. The number of hydrogen-bond donors (Lipinski definition) is 1. The minimum atomic E-state index is -0.0362. The second-order valence-electron chi connectivity index (χ2n) is 6.01. The van der Waals surface area contributed by atoms with E-state index in [4.69, 9.17) is 16.3 Å². The Morgan fingerprint density at radius 3 is 2.39 bits per heavy atom. The largest absolute Gasteiger partial charge is 0.379 e. The van der Waals surface area contributed by atoms with Crippen molar-refractivity contribution in [1.82, 2.24) is 10.2 Å². The second-order valence-corrected chi connectivity index (χ2v) is 6.45. The van der Waals surface area contributed by atoms with Crippen molar-refractivity contribution in [3.05, 3.63) is 34.9 Å². The first-order chi connectivity index (χ1) is 11.2. The number of ether oxygens (including phenoxy) is 1. The standard InChI is InChI=1S/C18H27ClN2O2/c1-3-14(4-2)17(21-9-11-23-12-10-21)13-20-18(22)15-5-7-16(19)8-6-15/h5-8,14,17H,3-4,9-13H2,1-2H3,(H,20,22). The van der Waals surface area contributed by atoms with Crippen LogP contribution in [0.4, 0.5) is 0 Å². The zero-order chi connectivity index (χ0) is 16.7. The lowest BCUT2D eigenvalue weighted by atomic mass is 9.92. The number of carbonyl (C=O) groups excluding carboxylic acids is 1. The topological polar surface area (TPSA) is 41.6 Å². The van der Waals surface area contributed by atoms with Crippen LogP contribution in [0, 0.1) is 5.92 Å². The van der Waals surface area contributed by atoms with Gasteiger partial charge in [0.25, 0.3) is 5.91 Å². The van der Waals surface area contributed by atoms with Crippen LogP contribution in [0.3, 0.4) is 0 Å². The molecule has 1 N–H and O–H groups in total. The molecule has 1 aromatic rings. The highest BCUT2D eigenvalue weighted by molar-refractivity contribution is 6.30. The Balaban J connectivity index is 1.99. The van der Waals surface area contributed by atoms with E-state index in [2.05, 4.69) is 24.1 Å². The first-order valence-electron chi connectivity index (χ1n) is 8.51. The van der Waals surface area contributed by atoms with Crippen molar-refractivity contribution in [1.29, 1.82) is 0 Å².